The molecule has 0 unspecified atom stereocenters. The number of pyridine rings is 1. The third kappa shape index (κ3) is 2.05. The molecule has 0 aromatic heterocycles. The smallest absolute Gasteiger partial charge is 0.108 e. The largest absolute Gasteiger partial charge is 0.385 e. The highest BCUT2D eigenvalue weighted by molar-refractivity contribution is 5.90. The van der Waals surface area contributed by atoms with Gasteiger partial charge in [-0.1, -0.05) is 18.2 Å². The van der Waals surface area contributed by atoms with Crippen molar-refractivity contribution in [3.63, 3.8) is 0 Å². The fourth-order valence-corrected chi connectivity index (χ4v) is 2.36. The number of aryl methyl sites for hydroxylation is 2. The van der Waals surface area contributed by atoms with E-state index in [2.05, 4.69) is 15.2 Å². The van der Waals surface area contributed by atoms with Gasteiger partial charge in [0.2, 0.25) is 0 Å². The van der Waals surface area contributed by atoms with Gasteiger partial charge in [0.15, 0.2) is 0 Å². The quantitative estimate of drug-likeness (QED) is 0.645. The van der Waals surface area contributed by atoms with E-state index in [1.54, 1.807) is 0 Å². The number of aromatic amines is 1. The van der Waals surface area contributed by atoms with Crippen LogP contribution in [0.25, 0.3) is 11.1 Å². The Hall–Kier alpha value is -2.62. The first-order valence-electron chi connectivity index (χ1n) is 6.50. The topological polar surface area (TPSA) is 66.5 Å². The summed E-state index contributed by atoms with van der Waals surface area (Å²) in [4.78, 5) is 3.06. The number of nitrogen functional groups attached to an aromatic ring is 1. The number of hydrogen-bond donors (Lipinski definition) is 2. The van der Waals surface area contributed by atoms with Gasteiger partial charge in [-0.05, 0) is 43.2 Å². The SMILES string of the molecule is Cc1cc2c(N)[nH]cc(C)c-2c1N=Nc1ccccc1. The second-order valence-electron chi connectivity index (χ2n) is 4.89. The van der Waals surface area contributed by atoms with Crippen LogP contribution in [0.15, 0.2) is 52.8 Å². The van der Waals surface area contributed by atoms with Gasteiger partial charge in [-0.15, -0.1) is 5.11 Å². The summed E-state index contributed by atoms with van der Waals surface area (Å²) in [7, 11) is 0. The van der Waals surface area contributed by atoms with Crippen molar-refractivity contribution in [1.82, 2.24) is 4.98 Å². The zero-order chi connectivity index (χ0) is 14.1. The summed E-state index contributed by atoms with van der Waals surface area (Å²) in [5.41, 5.74) is 12.0. The van der Waals surface area contributed by atoms with E-state index < -0.39 is 0 Å². The lowest BCUT2D eigenvalue weighted by atomic mass is 10.1. The molecular weight excluding hydrogens is 248 g/mol. The number of aromatic nitrogens is 1. The van der Waals surface area contributed by atoms with Gasteiger partial charge >= 0.3 is 0 Å². The maximum atomic E-state index is 5.99. The number of nitrogens with zero attached hydrogens (tertiary/aromatic N) is 2. The molecule has 1 aliphatic heterocycles. The third-order valence-electron chi connectivity index (χ3n) is 3.39. The summed E-state index contributed by atoms with van der Waals surface area (Å²) < 4.78 is 0. The molecule has 0 saturated heterocycles. The molecule has 0 amide bonds. The van der Waals surface area contributed by atoms with E-state index in [0.29, 0.717) is 5.82 Å². The van der Waals surface area contributed by atoms with Gasteiger partial charge in [0, 0.05) is 17.3 Å². The van der Waals surface area contributed by atoms with Gasteiger partial charge in [0.05, 0.1) is 11.4 Å². The van der Waals surface area contributed by atoms with Crippen LogP contribution in [-0.2, 0) is 0 Å². The van der Waals surface area contributed by atoms with Gasteiger partial charge in [0.1, 0.15) is 5.82 Å². The first-order valence-corrected chi connectivity index (χ1v) is 6.50. The lowest BCUT2D eigenvalue weighted by molar-refractivity contribution is 1.21. The van der Waals surface area contributed by atoms with Crippen molar-refractivity contribution in [2.24, 2.45) is 10.2 Å². The molecule has 0 radical (unpaired) electrons. The lowest BCUT2D eigenvalue weighted by Crippen LogP contribution is -1.94. The molecule has 0 bridgehead atoms. The van der Waals surface area contributed by atoms with Crippen molar-refractivity contribution in [2.45, 2.75) is 13.8 Å². The fraction of sp³-hybridized carbons (Fsp3) is 0.125. The van der Waals surface area contributed by atoms with Crippen molar-refractivity contribution in [3.05, 3.63) is 53.7 Å². The molecule has 0 fully saturated rings. The van der Waals surface area contributed by atoms with Gasteiger partial charge in [0.25, 0.3) is 0 Å². The van der Waals surface area contributed by atoms with Crippen LogP contribution in [0.4, 0.5) is 17.2 Å². The number of benzene rings is 1. The van der Waals surface area contributed by atoms with E-state index in [4.69, 9.17) is 5.73 Å². The van der Waals surface area contributed by atoms with Crippen molar-refractivity contribution in [1.29, 1.82) is 0 Å². The number of nitrogens with one attached hydrogen (secondary N) is 1. The Morgan fingerprint density at radius 2 is 1.75 bits per heavy atom. The van der Waals surface area contributed by atoms with E-state index in [1.807, 2.05) is 56.4 Å². The predicted octanol–water partition coefficient (Wildman–Crippen LogP) is 4.73. The summed E-state index contributed by atoms with van der Waals surface area (Å²) in [5.74, 6) is 0.662. The van der Waals surface area contributed by atoms with Crippen LogP contribution in [-0.4, -0.2) is 4.98 Å². The Morgan fingerprint density at radius 3 is 2.50 bits per heavy atom. The van der Waals surface area contributed by atoms with Gasteiger partial charge in [-0.25, -0.2) is 0 Å². The maximum absolute atomic E-state index is 5.99. The monoisotopic (exact) mass is 264 g/mol. The first kappa shape index (κ1) is 12.4. The molecule has 0 spiro atoms. The average Bonchev–Trinajstić information content (AvgIpc) is 2.80. The summed E-state index contributed by atoms with van der Waals surface area (Å²) in [6.07, 6.45) is 1.90. The lowest BCUT2D eigenvalue weighted by Gasteiger charge is -2.07. The molecular formula is C16H16N4. The van der Waals surface area contributed by atoms with Crippen LogP contribution >= 0.6 is 0 Å². The number of hydrogen-bond acceptors (Lipinski definition) is 3. The maximum Gasteiger partial charge on any atom is 0.108 e. The minimum Gasteiger partial charge on any atom is -0.385 e. The summed E-state index contributed by atoms with van der Waals surface area (Å²) in [6, 6.07) is 11.8. The molecule has 1 aliphatic carbocycles. The number of nitrogens with two attached hydrogens (primary N) is 1. The van der Waals surface area contributed by atoms with Crippen LogP contribution < -0.4 is 5.73 Å². The Labute approximate surface area is 117 Å². The van der Waals surface area contributed by atoms with E-state index in [-0.39, 0.29) is 0 Å². The Kier molecular flexibility index (Phi) is 2.99. The zero-order valence-electron chi connectivity index (χ0n) is 11.5. The van der Waals surface area contributed by atoms with Crippen molar-refractivity contribution in [2.75, 3.05) is 5.73 Å². The number of fused-ring (bicyclic) bond motifs is 1. The van der Waals surface area contributed by atoms with E-state index in [0.717, 1.165) is 33.6 Å². The second-order valence-corrected chi connectivity index (χ2v) is 4.89. The number of H-pyrrole nitrogens is 1. The number of azo groups is 1. The molecule has 4 heteroatoms. The summed E-state index contributed by atoms with van der Waals surface area (Å²) >= 11 is 0. The standard InChI is InChI=1S/C16H16N4/c1-10-8-13-14(11(2)9-18-16(13)17)15(10)20-19-12-6-4-3-5-7-12/h3-9,18H,17H2,1-2H3. The molecule has 20 heavy (non-hydrogen) atoms. The van der Waals surface area contributed by atoms with Crippen LogP contribution in [0.3, 0.4) is 0 Å². The molecule has 2 aliphatic rings. The highest BCUT2D eigenvalue weighted by Gasteiger charge is 2.18. The Bertz CT molecular complexity index is 741. The van der Waals surface area contributed by atoms with Crippen LogP contribution in [0.2, 0.25) is 0 Å². The van der Waals surface area contributed by atoms with Crippen molar-refractivity contribution >= 4 is 17.2 Å². The van der Waals surface area contributed by atoms with E-state index >= 15 is 0 Å². The molecule has 3 rings (SSSR count). The Morgan fingerprint density at radius 1 is 1.00 bits per heavy atom. The van der Waals surface area contributed by atoms with Gasteiger partial charge in [-0.2, -0.15) is 5.11 Å². The number of rotatable bonds is 2. The summed E-state index contributed by atoms with van der Waals surface area (Å²) in [5, 5.41) is 8.73. The second kappa shape index (κ2) is 4.81. The predicted molar refractivity (Wildman–Crippen MR) is 81.9 cm³/mol. The third-order valence-corrected chi connectivity index (χ3v) is 3.39. The van der Waals surface area contributed by atoms with E-state index in [1.165, 1.54) is 0 Å². The highest BCUT2D eigenvalue weighted by Crippen LogP contribution is 2.43. The normalized spacial score (nSPS) is 11.5. The minimum absolute atomic E-state index is 0.662. The van der Waals surface area contributed by atoms with Gasteiger partial charge in [-0.3, -0.25) is 0 Å². The average molecular weight is 264 g/mol. The first-order chi connectivity index (χ1) is 9.66. The molecule has 1 aromatic rings. The number of anilines is 1. The summed E-state index contributed by atoms with van der Waals surface area (Å²) in [6.45, 7) is 4.07. The Balaban J connectivity index is 2.10. The van der Waals surface area contributed by atoms with Crippen molar-refractivity contribution in [3.8, 4) is 11.1 Å². The van der Waals surface area contributed by atoms with Crippen LogP contribution in [0, 0.1) is 13.8 Å². The molecule has 1 aromatic carbocycles. The fourth-order valence-electron chi connectivity index (χ4n) is 2.36. The van der Waals surface area contributed by atoms with Gasteiger partial charge < -0.3 is 10.7 Å². The van der Waals surface area contributed by atoms with Crippen LogP contribution in [0.5, 0.6) is 0 Å². The molecule has 3 N–H and O–H groups in total. The zero-order valence-corrected chi connectivity index (χ0v) is 11.5. The molecule has 0 saturated carbocycles. The van der Waals surface area contributed by atoms with Crippen molar-refractivity contribution < 1.29 is 0 Å². The van der Waals surface area contributed by atoms with E-state index in [9.17, 15) is 0 Å². The highest BCUT2D eigenvalue weighted by atomic mass is 15.1. The van der Waals surface area contributed by atoms with Crippen LogP contribution in [0.1, 0.15) is 11.1 Å². The molecule has 100 valence electrons. The molecule has 1 heterocycles. The molecule has 4 nitrogen and oxygen atoms in total. The minimum atomic E-state index is 0.662. The molecule has 0 atom stereocenters.